The van der Waals surface area contributed by atoms with Crippen LogP contribution in [-0.4, -0.2) is 27.5 Å². The third-order valence-electron chi connectivity index (χ3n) is 3.19. The average molecular weight is 314 g/mol. The van der Waals surface area contributed by atoms with Crippen molar-refractivity contribution in [2.75, 3.05) is 17.6 Å². The number of nitrogens with zero attached hydrogens (tertiary/aromatic N) is 2. The molecule has 5 heteroatoms. The van der Waals surface area contributed by atoms with Crippen molar-refractivity contribution in [1.29, 1.82) is 0 Å². The molecule has 1 aliphatic carbocycles. The normalized spacial score (nSPS) is 23.9. The maximum atomic E-state index is 4.60. The van der Waals surface area contributed by atoms with Crippen LogP contribution in [-0.2, 0) is 0 Å². The molecule has 2 fully saturated rings. The van der Waals surface area contributed by atoms with Crippen molar-refractivity contribution >= 4 is 33.5 Å². The van der Waals surface area contributed by atoms with Crippen LogP contribution in [0.5, 0.6) is 0 Å². The molecule has 1 aliphatic heterocycles. The molecule has 0 amide bonds. The molecule has 1 saturated carbocycles. The molecule has 92 valence electrons. The van der Waals surface area contributed by atoms with Gasteiger partial charge >= 0.3 is 0 Å². The van der Waals surface area contributed by atoms with E-state index in [0.29, 0.717) is 5.92 Å². The van der Waals surface area contributed by atoms with Crippen molar-refractivity contribution in [3.05, 3.63) is 16.5 Å². The molecular weight excluding hydrogens is 298 g/mol. The minimum absolute atomic E-state index is 0.605. The third kappa shape index (κ3) is 3.13. The third-order valence-corrected chi connectivity index (χ3v) is 4.99. The minimum Gasteiger partial charge on any atom is -0.369 e. The lowest BCUT2D eigenvalue weighted by atomic mass is 10.2. The van der Waals surface area contributed by atoms with Crippen LogP contribution in [0.25, 0.3) is 0 Å². The van der Waals surface area contributed by atoms with Crippen LogP contribution in [0.15, 0.2) is 10.7 Å². The highest BCUT2D eigenvalue weighted by Crippen LogP contribution is 2.38. The summed E-state index contributed by atoms with van der Waals surface area (Å²) < 4.78 is 0.899. The van der Waals surface area contributed by atoms with E-state index in [1.54, 1.807) is 0 Å². The Bertz CT molecular complexity index is 403. The summed E-state index contributed by atoms with van der Waals surface area (Å²) in [5, 5.41) is 4.21. The Hall–Kier alpha value is -0.290. The highest BCUT2D eigenvalue weighted by Gasteiger charge is 2.27. The highest BCUT2D eigenvalue weighted by atomic mass is 79.9. The lowest BCUT2D eigenvalue weighted by molar-refractivity contribution is 0.800. The van der Waals surface area contributed by atoms with Crippen LogP contribution in [0, 0.1) is 0 Å². The largest absolute Gasteiger partial charge is 0.369 e. The Morgan fingerprint density at radius 1 is 1.35 bits per heavy atom. The minimum atomic E-state index is 0.605. The van der Waals surface area contributed by atoms with E-state index in [2.05, 4.69) is 43.0 Å². The topological polar surface area (TPSA) is 37.8 Å². The lowest BCUT2D eigenvalue weighted by Crippen LogP contribution is -2.15. The number of hydrogen-bond acceptors (Lipinski definition) is 4. The Morgan fingerprint density at radius 2 is 2.24 bits per heavy atom. The van der Waals surface area contributed by atoms with Crippen molar-refractivity contribution < 1.29 is 0 Å². The van der Waals surface area contributed by atoms with Gasteiger partial charge in [-0.3, -0.25) is 0 Å². The van der Waals surface area contributed by atoms with Crippen molar-refractivity contribution in [1.82, 2.24) is 9.97 Å². The molecule has 0 bridgehead atoms. The predicted molar refractivity (Wildman–Crippen MR) is 75.7 cm³/mol. The molecule has 0 aromatic carbocycles. The summed E-state index contributed by atoms with van der Waals surface area (Å²) in [6.45, 7) is 1.03. The van der Waals surface area contributed by atoms with Gasteiger partial charge < -0.3 is 5.32 Å². The Kier molecular flexibility index (Phi) is 3.56. The molecule has 0 spiro atoms. The number of anilines is 1. The quantitative estimate of drug-likeness (QED) is 0.864. The van der Waals surface area contributed by atoms with Crippen LogP contribution < -0.4 is 5.32 Å². The second-order valence-electron chi connectivity index (χ2n) is 4.72. The fourth-order valence-corrected chi connectivity index (χ4v) is 3.67. The molecule has 1 unspecified atom stereocenters. The van der Waals surface area contributed by atoms with E-state index in [4.69, 9.17) is 0 Å². The fourth-order valence-electron chi connectivity index (χ4n) is 2.07. The van der Waals surface area contributed by atoms with E-state index < -0.39 is 0 Å². The van der Waals surface area contributed by atoms with E-state index in [-0.39, 0.29) is 0 Å². The number of nitrogens with one attached hydrogen (secondary N) is 1. The van der Waals surface area contributed by atoms with E-state index >= 15 is 0 Å². The van der Waals surface area contributed by atoms with Crippen LogP contribution in [0.2, 0.25) is 0 Å². The second kappa shape index (κ2) is 5.14. The summed E-state index contributed by atoms with van der Waals surface area (Å²) in [4.78, 5) is 9.03. The van der Waals surface area contributed by atoms with Gasteiger partial charge in [0.2, 0.25) is 0 Å². The van der Waals surface area contributed by atoms with Gasteiger partial charge in [-0.2, -0.15) is 11.8 Å². The van der Waals surface area contributed by atoms with Crippen LogP contribution in [0.4, 0.5) is 5.82 Å². The summed E-state index contributed by atoms with van der Waals surface area (Å²) >= 11 is 5.54. The second-order valence-corrected chi connectivity index (χ2v) is 6.95. The van der Waals surface area contributed by atoms with Gasteiger partial charge in [0.05, 0.1) is 0 Å². The Labute approximate surface area is 114 Å². The van der Waals surface area contributed by atoms with Gasteiger partial charge in [-0.1, -0.05) is 0 Å². The summed E-state index contributed by atoms with van der Waals surface area (Å²) in [6.07, 6.45) is 5.18. The molecule has 1 aromatic heterocycles. The van der Waals surface area contributed by atoms with E-state index in [9.17, 15) is 0 Å². The Balaban J connectivity index is 1.64. The number of halogens is 1. The standard InChI is InChI=1S/C12H16BrN3S/c13-10-6-11(14-7-9-2-1-5-17-9)16-12(15-10)8-3-4-8/h6,8-9H,1-5,7H2,(H,14,15,16). The monoisotopic (exact) mass is 313 g/mol. The summed E-state index contributed by atoms with van der Waals surface area (Å²) in [6, 6.07) is 1.98. The molecule has 0 radical (unpaired) electrons. The fraction of sp³-hybridized carbons (Fsp3) is 0.667. The van der Waals surface area contributed by atoms with Gasteiger partial charge in [0.25, 0.3) is 0 Å². The molecule has 1 atom stereocenters. The molecule has 3 nitrogen and oxygen atoms in total. The van der Waals surface area contributed by atoms with Gasteiger partial charge in [0, 0.05) is 23.8 Å². The average Bonchev–Trinajstić information content (AvgIpc) is 3.04. The number of thioether (sulfide) groups is 1. The van der Waals surface area contributed by atoms with Crippen LogP contribution >= 0.6 is 27.7 Å². The van der Waals surface area contributed by atoms with Gasteiger partial charge in [-0.05, 0) is 47.4 Å². The smallest absolute Gasteiger partial charge is 0.135 e. The van der Waals surface area contributed by atoms with Crippen LogP contribution in [0.3, 0.4) is 0 Å². The van der Waals surface area contributed by atoms with Gasteiger partial charge in [-0.15, -0.1) is 0 Å². The SMILES string of the molecule is Brc1cc(NCC2CCCS2)nc(C2CC2)n1. The van der Waals surface area contributed by atoms with Crippen molar-refractivity contribution in [3.8, 4) is 0 Å². The highest BCUT2D eigenvalue weighted by molar-refractivity contribution is 9.10. The molecule has 2 heterocycles. The summed E-state index contributed by atoms with van der Waals surface area (Å²) in [5.74, 6) is 3.89. The summed E-state index contributed by atoms with van der Waals surface area (Å²) in [7, 11) is 0. The Morgan fingerprint density at radius 3 is 2.94 bits per heavy atom. The first-order valence-electron chi connectivity index (χ1n) is 6.21. The number of rotatable bonds is 4. The molecular formula is C12H16BrN3S. The first-order chi connectivity index (χ1) is 8.31. The zero-order chi connectivity index (χ0) is 11.7. The first kappa shape index (κ1) is 11.8. The van der Waals surface area contributed by atoms with Crippen molar-refractivity contribution in [2.45, 2.75) is 36.9 Å². The van der Waals surface area contributed by atoms with E-state index in [0.717, 1.165) is 28.0 Å². The van der Waals surface area contributed by atoms with Gasteiger partial charge in [0.15, 0.2) is 0 Å². The number of aromatic nitrogens is 2. The predicted octanol–water partition coefficient (Wildman–Crippen LogP) is 3.42. The number of hydrogen-bond donors (Lipinski definition) is 1. The first-order valence-corrected chi connectivity index (χ1v) is 8.05. The van der Waals surface area contributed by atoms with Gasteiger partial charge in [-0.25, -0.2) is 9.97 Å². The maximum absolute atomic E-state index is 4.60. The molecule has 1 saturated heterocycles. The van der Waals surface area contributed by atoms with Crippen molar-refractivity contribution in [2.24, 2.45) is 0 Å². The summed E-state index contributed by atoms with van der Waals surface area (Å²) in [5.41, 5.74) is 0. The zero-order valence-electron chi connectivity index (χ0n) is 9.66. The van der Waals surface area contributed by atoms with E-state index in [1.807, 2.05) is 6.07 Å². The molecule has 17 heavy (non-hydrogen) atoms. The zero-order valence-corrected chi connectivity index (χ0v) is 12.1. The van der Waals surface area contributed by atoms with Crippen LogP contribution in [0.1, 0.15) is 37.4 Å². The molecule has 1 N–H and O–H groups in total. The van der Waals surface area contributed by atoms with Gasteiger partial charge in [0.1, 0.15) is 16.2 Å². The maximum Gasteiger partial charge on any atom is 0.135 e. The molecule has 2 aliphatic rings. The lowest BCUT2D eigenvalue weighted by Gasteiger charge is -2.11. The molecule has 3 rings (SSSR count). The van der Waals surface area contributed by atoms with E-state index in [1.165, 1.54) is 31.4 Å². The molecule has 1 aromatic rings. The van der Waals surface area contributed by atoms with Crippen molar-refractivity contribution in [3.63, 3.8) is 0 Å².